The van der Waals surface area contributed by atoms with Crippen LogP contribution in [-0.4, -0.2) is 45.9 Å². The summed E-state index contributed by atoms with van der Waals surface area (Å²) < 4.78 is 38.0. The van der Waals surface area contributed by atoms with Gasteiger partial charge in [0.05, 0.1) is 24.9 Å². The van der Waals surface area contributed by atoms with E-state index >= 15 is 0 Å². The molecule has 0 spiro atoms. The number of methoxy groups -OCH3 is 2. The molecule has 1 saturated heterocycles. The van der Waals surface area contributed by atoms with Crippen LogP contribution in [0.5, 0.6) is 11.5 Å². The zero-order valence-corrected chi connectivity index (χ0v) is 18.9. The summed E-state index contributed by atoms with van der Waals surface area (Å²) in [5, 5.41) is 3.62. The van der Waals surface area contributed by atoms with Crippen LogP contribution in [0.15, 0.2) is 41.3 Å². The summed E-state index contributed by atoms with van der Waals surface area (Å²) in [6, 6.07) is 9.46. The third-order valence-electron chi connectivity index (χ3n) is 5.00. The van der Waals surface area contributed by atoms with Crippen molar-refractivity contribution >= 4 is 44.8 Å². The molecule has 10 heteroatoms. The monoisotopic (exact) mass is 472 g/mol. The highest BCUT2D eigenvalue weighted by Gasteiger charge is 2.34. The third-order valence-corrected chi connectivity index (χ3v) is 7.47. The van der Waals surface area contributed by atoms with Crippen LogP contribution in [0.1, 0.15) is 12.8 Å². The number of piperidine rings is 1. The lowest BCUT2D eigenvalue weighted by Gasteiger charge is -2.31. The average molecular weight is 473 g/mol. The molecule has 2 aromatic rings. The molecule has 0 radical (unpaired) electrons. The molecule has 162 valence electrons. The third kappa shape index (κ3) is 4.83. The highest BCUT2D eigenvalue weighted by molar-refractivity contribution is 7.89. The van der Waals surface area contributed by atoms with Gasteiger partial charge in [-0.25, -0.2) is 8.42 Å². The number of amides is 1. The summed E-state index contributed by atoms with van der Waals surface area (Å²) in [7, 11) is -0.913. The van der Waals surface area contributed by atoms with Crippen molar-refractivity contribution in [3.8, 4) is 11.5 Å². The van der Waals surface area contributed by atoms with Crippen molar-refractivity contribution < 1.29 is 22.7 Å². The maximum absolute atomic E-state index is 13.1. The topological polar surface area (TPSA) is 84.9 Å². The van der Waals surface area contributed by atoms with Crippen LogP contribution in [-0.2, 0) is 14.8 Å². The molecule has 3 rings (SSSR count). The first-order valence-corrected chi connectivity index (χ1v) is 11.4. The zero-order chi connectivity index (χ0) is 21.9. The normalized spacial score (nSPS) is 15.6. The van der Waals surface area contributed by atoms with Gasteiger partial charge < -0.3 is 14.8 Å². The quantitative estimate of drug-likeness (QED) is 0.685. The van der Waals surface area contributed by atoms with Crippen molar-refractivity contribution in [2.75, 3.05) is 32.6 Å². The van der Waals surface area contributed by atoms with Crippen LogP contribution >= 0.6 is 23.2 Å². The molecule has 0 aromatic heterocycles. The van der Waals surface area contributed by atoms with Gasteiger partial charge in [-0.2, -0.15) is 4.31 Å². The maximum Gasteiger partial charge on any atom is 0.246 e. The maximum atomic E-state index is 13.1. The lowest BCUT2D eigenvalue weighted by atomic mass is 9.97. The van der Waals surface area contributed by atoms with Crippen molar-refractivity contribution in [2.24, 2.45) is 5.92 Å². The molecule has 1 fully saturated rings. The minimum Gasteiger partial charge on any atom is -0.497 e. The van der Waals surface area contributed by atoms with Crippen molar-refractivity contribution in [1.82, 2.24) is 4.31 Å². The molecular weight excluding hydrogens is 451 g/mol. The van der Waals surface area contributed by atoms with E-state index in [9.17, 15) is 13.2 Å². The zero-order valence-electron chi connectivity index (χ0n) is 16.5. The number of hydrogen-bond donors (Lipinski definition) is 1. The van der Waals surface area contributed by atoms with E-state index in [0.717, 1.165) is 0 Å². The molecular formula is C20H22Cl2N2O5S. The standard InChI is InChI=1S/C20H22Cl2N2O5S/c1-28-15-4-6-18(29-2)19(12-15)30(26,27)24-9-7-13(8-10-24)20(25)23-17-5-3-14(21)11-16(17)22/h3-6,11-13H,7-10H2,1-2H3,(H,23,25). The number of sulfonamides is 1. The Morgan fingerprint density at radius 1 is 1.07 bits per heavy atom. The van der Waals surface area contributed by atoms with Crippen LogP contribution in [0.3, 0.4) is 0 Å². The predicted molar refractivity (Wildman–Crippen MR) is 116 cm³/mol. The van der Waals surface area contributed by atoms with Gasteiger partial charge in [-0.05, 0) is 43.2 Å². The number of ether oxygens (including phenoxy) is 2. The molecule has 7 nitrogen and oxygen atoms in total. The number of carbonyl (C=O) groups excluding carboxylic acids is 1. The highest BCUT2D eigenvalue weighted by atomic mass is 35.5. The summed E-state index contributed by atoms with van der Waals surface area (Å²) in [6.07, 6.45) is 0.783. The second-order valence-corrected chi connectivity index (χ2v) is 9.56. The Labute approximate surface area is 185 Å². The van der Waals surface area contributed by atoms with Crippen molar-refractivity contribution in [2.45, 2.75) is 17.7 Å². The van der Waals surface area contributed by atoms with Gasteiger partial charge in [-0.1, -0.05) is 23.2 Å². The van der Waals surface area contributed by atoms with Gasteiger partial charge in [0.2, 0.25) is 15.9 Å². The van der Waals surface area contributed by atoms with Crippen LogP contribution in [0, 0.1) is 5.92 Å². The molecule has 0 bridgehead atoms. The van der Waals surface area contributed by atoms with E-state index in [1.807, 2.05) is 0 Å². The predicted octanol–water partition coefficient (Wildman–Crippen LogP) is 4.05. The highest BCUT2D eigenvalue weighted by Crippen LogP contribution is 2.33. The second kappa shape index (κ2) is 9.43. The molecule has 0 atom stereocenters. The Bertz CT molecular complexity index is 1040. The van der Waals surface area contributed by atoms with E-state index in [4.69, 9.17) is 32.7 Å². The Balaban J connectivity index is 1.69. The summed E-state index contributed by atoms with van der Waals surface area (Å²) >= 11 is 12.0. The Morgan fingerprint density at radius 3 is 2.37 bits per heavy atom. The second-order valence-electron chi connectivity index (χ2n) is 6.81. The number of carbonyl (C=O) groups is 1. The molecule has 1 aliphatic rings. The number of anilines is 1. The largest absolute Gasteiger partial charge is 0.497 e. The van der Waals surface area contributed by atoms with Gasteiger partial charge in [0.1, 0.15) is 16.4 Å². The van der Waals surface area contributed by atoms with Crippen LogP contribution in [0.25, 0.3) is 0 Å². The fourth-order valence-corrected chi connectivity index (χ4v) is 5.40. The van der Waals surface area contributed by atoms with E-state index in [1.54, 1.807) is 30.3 Å². The number of nitrogens with one attached hydrogen (secondary N) is 1. The Morgan fingerprint density at radius 2 is 1.77 bits per heavy atom. The van der Waals surface area contributed by atoms with Crippen molar-refractivity contribution in [3.63, 3.8) is 0 Å². The Hall–Kier alpha value is -2.00. The van der Waals surface area contributed by atoms with Gasteiger partial charge in [-0.15, -0.1) is 0 Å². The molecule has 0 aliphatic carbocycles. The molecule has 2 aromatic carbocycles. The number of hydrogen-bond acceptors (Lipinski definition) is 5. The van der Waals surface area contributed by atoms with Gasteiger partial charge in [-0.3, -0.25) is 4.79 Å². The smallest absolute Gasteiger partial charge is 0.246 e. The lowest BCUT2D eigenvalue weighted by molar-refractivity contribution is -0.120. The van der Waals surface area contributed by atoms with E-state index in [1.165, 1.54) is 24.6 Å². The molecule has 0 saturated carbocycles. The van der Waals surface area contributed by atoms with E-state index in [0.29, 0.717) is 34.3 Å². The van der Waals surface area contributed by atoms with E-state index in [-0.39, 0.29) is 35.6 Å². The minimum absolute atomic E-state index is 0.0418. The molecule has 1 amide bonds. The Kier molecular flexibility index (Phi) is 7.13. The number of rotatable bonds is 6. The van der Waals surface area contributed by atoms with E-state index in [2.05, 4.69) is 5.32 Å². The molecule has 30 heavy (non-hydrogen) atoms. The van der Waals surface area contributed by atoms with Crippen LogP contribution in [0.4, 0.5) is 5.69 Å². The van der Waals surface area contributed by atoms with Gasteiger partial charge >= 0.3 is 0 Å². The van der Waals surface area contributed by atoms with Crippen LogP contribution in [0.2, 0.25) is 10.0 Å². The molecule has 0 unspecified atom stereocenters. The van der Waals surface area contributed by atoms with Crippen molar-refractivity contribution in [3.05, 3.63) is 46.4 Å². The van der Waals surface area contributed by atoms with Gasteiger partial charge in [0, 0.05) is 30.1 Å². The van der Waals surface area contributed by atoms with Crippen LogP contribution < -0.4 is 14.8 Å². The summed E-state index contributed by atoms with van der Waals surface area (Å²) in [5.41, 5.74) is 0.474. The minimum atomic E-state index is -3.80. The number of halogens is 2. The average Bonchev–Trinajstić information content (AvgIpc) is 2.75. The SMILES string of the molecule is COc1ccc(OC)c(S(=O)(=O)N2CCC(C(=O)Nc3ccc(Cl)cc3Cl)CC2)c1. The van der Waals surface area contributed by atoms with Gasteiger partial charge in [0.15, 0.2) is 0 Å². The lowest BCUT2D eigenvalue weighted by Crippen LogP contribution is -2.41. The first-order chi connectivity index (χ1) is 14.3. The fraction of sp³-hybridized carbons (Fsp3) is 0.350. The van der Waals surface area contributed by atoms with Gasteiger partial charge in [0.25, 0.3) is 0 Å². The summed E-state index contributed by atoms with van der Waals surface area (Å²) in [5.74, 6) is 0.141. The molecule has 1 aliphatic heterocycles. The first kappa shape index (κ1) is 22.7. The van der Waals surface area contributed by atoms with Crippen molar-refractivity contribution in [1.29, 1.82) is 0 Å². The molecule has 1 N–H and O–H groups in total. The molecule has 1 heterocycles. The van der Waals surface area contributed by atoms with E-state index < -0.39 is 10.0 Å². The summed E-state index contributed by atoms with van der Waals surface area (Å²) in [4.78, 5) is 12.6. The number of benzene rings is 2. The fourth-order valence-electron chi connectivity index (χ4n) is 3.31. The first-order valence-electron chi connectivity index (χ1n) is 9.24. The number of nitrogens with zero attached hydrogens (tertiary/aromatic N) is 1. The summed E-state index contributed by atoms with van der Waals surface area (Å²) in [6.45, 7) is 0.435.